The number of hydrogen-bond donors (Lipinski definition) is 5. The molecule has 9 heteroatoms. The van der Waals surface area contributed by atoms with Gasteiger partial charge in [-0.1, -0.05) is 0 Å². The van der Waals surface area contributed by atoms with Crippen molar-refractivity contribution in [3.8, 4) is 0 Å². The molecule has 0 saturated carbocycles. The van der Waals surface area contributed by atoms with Crippen molar-refractivity contribution < 1.29 is 32.5 Å². The van der Waals surface area contributed by atoms with E-state index in [1.165, 1.54) is 0 Å². The molecule has 0 aromatic carbocycles. The molecule has 0 aliphatic carbocycles. The van der Waals surface area contributed by atoms with Gasteiger partial charge in [-0.3, -0.25) is 8.74 Å². The Morgan fingerprint density at radius 3 is 1.50 bits per heavy atom. The number of rotatable bonds is 2. The fourth-order valence-electron chi connectivity index (χ4n) is 0. The van der Waals surface area contributed by atoms with Crippen molar-refractivity contribution in [1.82, 2.24) is 0 Å². The summed E-state index contributed by atoms with van der Waals surface area (Å²) in [5.41, 5.74) is 4.49. The number of hydrogen-bond acceptors (Lipinski definition) is 7. The van der Waals surface area contributed by atoms with Gasteiger partial charge in [0, 0.05) is 0 Å². The third kappa shape index (κ3) is 16.4. The Morgan fingerprint density at radius 2 is 1.50 bits per heavy atom. The van der Waals surface area contributed by atoms with Crippen LogP contribution in [0, 0.1) is 0 Å². The Kier molecular flexibility index (Phi) is 7.42. The first kappa shape index (κ1) is 14.2. The van der Waals surface area contributed by atoms with E-state index in [-0.39, 0.29) is 0 Å². The summed E-state index contributed by atoms with van der Waals surface area (Å²) in [6, 6.07) is 0. The lowest BCUT2D eigenvalue weighted by molar-refractivity contribution is -0.119. The maximum Gasteiger partial charge on any atom is 0.397 e. The summed E-state index contributed by atoms with van der Waals surface area (Å²) >= 11 is 0. The average molecular weight is 205 g/mol. The summed E-state index contributed by atoms with van der Waals surface area (Å²) in [5, 5.41) is 23.5. The van der Waals surface area contributed by atoms with Crippen molar-refractivity contribution in [2.24, 2.45) is 5.73 Å². The van der Waals surface area contributed by atoms with Gasteiger partial charge in [0.05, 0.1) is 7.11 Å². The minimum atomic E-state index is -4.16. The highest BCUT2D eigenvalue weighted by atomic mass is 32.3. The summed E-state index contributed by atoms with van der Waals surface area (Å²) < 4.78 is 29.7. The van der Waals surface area contributed by atoms with E-state index >= 15 is 0 Å². The molecular formula is C3H11NO7S. The van der Waals surface area contributed by atoms with Gasteiger partial charge in [0.15, 0.2) is 12.5 Å². The first-order valence-corrected chi connectivity index (χ1v) is 3.90. The molecule has 0 aromatic rings. The minimum absolute atomic E-state index is 0.870. The third-order valence-electron chi connectivity index (χ3n) is 0.516. The normalized spacial score (nSPS) is 13.6. The molecule has 0 aromatic heterocycles. The topological polar surface area (TPSA) is 150 Å². The van der Waals surface area contributed by atoms with Gasteiger partial charge in [-0.25, -0.2) is 0 Å². The highest BCUT2D eigenvalue weighted by Gasteiger charge is 2.02. The minimum Gasteiger partial charge on any atom is -0.373 e. The van der Waals surface area contributed by atoms with Crippen molar-refractivity contribution in [1.29, 1.82) is 0 Å². The Morgan fingerprint density at radius 1 is 1.33 bits per heavy atom. The Bertz CT molecular complexity index is 179. The summed E-state index contributed by atoms with van der Waals surface area (Å²) in [7, 11) is -3.29. The molecule has 0 rings (SSSR count). The molecule has 0 radical (unpaired) electrons. The predicted molar refractivity (Wildman–Crippen MR) is 37.0 cm³/mol. The van der Waals surface area contributed by atoms with Crippen molar-refractivity contribution in [2.45, 2.75) is 12.5 Å². The Balaban J connectivity index is 0. The molecule has 1 atom stereocenters. The van der Waals surface area contributed by atoms with E-state index in [0.717, 1.165) is 7.11 Å². The van der Waals surface area contributed by atoms with Gasteiger partial charge >= 0.3 is 10.4 Å². The van der Waals surface area contributed by atoms with Gasteiger partial charge in [-0.2, -0.15) is 8.42 Å². The van der Waals surface area contributed by atoms with Crippen LogP contribution in [0.1, 0.15) is 0 Å². The zero-order chi connectivity index (χ0) is 10.4. The van der Waals surface area contributed by atoms with Crippen LogP contribution >= 0.6 is 0 Å². The van der Waals surface area contributed by atoms with Gasteiger partial charge in [-0.05, 0) is 0 Å². The second-order valence-corrected chi connectivity index (χ2v) is 2.69. The summed E-state index contributed by atoms with van der Waals surface area (Å²) in [6.07, 6.45) is -3.35. The standard InChI is InChI=1S/C2H7NO3.CH4O4S/c3-1(4)2(5)6;1-5-6(2,3)4/h1-2,4-6H,3H2;1H3,(H,2,3,4). The summed E-state index contributed by atoms with van der Waals surface area (Å²) in [4.78, 5) is 0. The molecule has 0 spiro atoms. The molecule has 0 aliphatic rings. The van der Waals surface area contributed by atoms with E-state index in [0.29, 0.717) is 0 Å². The molecule has 8 nitrogen and oxygen atoms in total. The number of aliphatic hydroxyl groups is 3. The van der Waals surface area contributed by atoms with E-state index in [1.54, 1.807) is 0 Å². The molecule has 0 aliphatic heterocycles. The zero-order valence-corrected chi connectivity index (χ0v) is 6.97. The van der Waals surface area contributed by atoms with E-state index in [1.807, 2.05) is 0 Å². The van der Waals surface area contributed by atoms with Gasteiger partial charge in [0.2, 0.25) is 0 Å². The largest absolute Gasteiger partial charge is 0.397 e. The second-order valence-electron chi connectivity index (χ2n) is 1.50. The molecule has 0 amide bonds. The van der Waals surface area contributed by atoms with Gasteiger partial charge < -0.3 is 21.1 Å². The highest BCUT2D eigenvalue weighted by molar-refractivity contribution is 7.80. The Labute approximate surface area is 69.1 Å². The fraction of sp³-hybridized carbons (Fsp3) is 1.00. The van der Waals surface area contributed by atoms with Crippen LogP contribution in [-0.2, 0) is 14.6 Å². The van der Waals surface area contributed by atoms with Crippen LogP contribution in [0.15, 0.2) is 0 Å². The van der Waals surface area contributed by atoms with Crippen LogP contribution in [0.3, 0.4) is 0 Å². The maximum atomic E-state index is 9.33. The van der Waals surface area contributed by atoms with Crippen LogP contribution in [0.25, 0.3) is 0 Å². The van der Waals surface area contributed by atoms with Crippen LogP contribution in [-0.4, -0.2) is 47.9 Å². The van der Waals surface area contributed by atoms with Gasteiger partial charge in [0.25, 0.3) is 0 Å². The summed E-state index contributed by atoms with van der Waals surface area (Å²) in [6.45, 7) is 0. The molecule has 76 valence electrons. The first-order chi connectivity index (χ1) is 5.20. The highest BCUT2D eigenvalue weighted by Crippen LogP contribution is 1.75. The predicted octanol–water partition coefficient (Wildman–Crippen LogP) is -2.99. The smallest absolute Gasteiger partial charge is 0.373 e. The molecule has 6 N–H and O–H groups in total. The molecule has 0 saturated heterocycles. The van der Waals surface area contributed by atoms with E-state index in [2.05, 4.69) is 9.92 Å². The van der Waals surface area contributed by atoms with E-state index in [9.17, 15) is 8.42 Å². The van der Waals surface area contributed by atoms with E-state index in [4.69, 9.17) is 19.9 Å². The maximum absolute atomic E-state index is 9.33. The van der Waals surface area contributed by atoms with Crippen molar-refractivity contribution in [3.63, 3.8) is 0 Å². The summed E-state index contributed by atoms with van der Waals surface area (Å²) in [5.74, 6) is 0. The molecule has 1 unspecified atom stereocenters. The number of nitrogens with two attached hydrogens (primary N) is 1. The van der Waals surface area contributed by atoms with Crippen LogP contribution in [0.4, 0.5) is 0 Å². The molecule has 12 heavy (non-hydrogen) atoms. The first-order valence-electron chi connectivity index (χ1n) is 2.53. The van der Waals surface area contributed by atoms with Crippen molar-refractivity contribution in [3.05, 3.63) is 0 Å². The van der Waals surface area contributed by atoms with Crippen molar-refractivity contribution >= 4 is 10.4 Å². The molecular weight excluding hydrogens is 194 g/mol. The lowest BCUT2D eigenvalue weighted by Crippen LogP contribution is -2.33. The Hall–Kier alpha value is -0.290. The molecule has 0 bridgehead atoms. The van der Waals surface area contributed by atoms with E-state index < -0.39 is 22.9 Å². The van der Waals surface area contributed by atoms with Crippen LogP contribution < -0.4 is 5.73 Å². The lowest BCUT2D eigenvalue weighted by Gasteiger charge is -2.02. The molecule has 0 fully saturated rings. The quantitative estimate of drug-likeness (QED) is 0.236. The lowest BCUT2D eigenvalue weighted by atomic mass is 10.6. The SMILES string of the molecule is COS(=O)(=O)O.NC(O)C(O)O. The monoisotopic (exact) mass is 205 g/mol. The second kappa shape index (κ2) is 6.25. The van der Waals surface area contributed by atoms with Crippen LogP contribution in [0.2, 0.25) is 0 Å². The average Bonchev–Trinajstić information content (AvgIpc) is 1.87. The molecule has 0 heterocycles. The zero-order valence-electron chi connectivity index (χ0n) is 6.15. The van der Waals surface area contributed by atoms with Crippen LogP contribution in [0.5, 0.6) is 0 Å². The van der Waals surface area contributed by atoms with Gasteiger partial charge in [-0.15, -0.1) is 0 Å². The van der Waals surface area contributed by atoms with Crippen molar-refractivity contribution in [2.75, 3.05) is 7.11 Å². The van der Waals surface area contributed by atoms with Gasteiger partial charge in [0.1, 0.15) is 0 Å². The third-order valence-corrected chi connectivity index (χ3v) is 0.937. The number of aliphatic hydroxyl groups excluding tert-OH is 2. The fourth-order valence-corrected chi connectivity index (χ4v) is 0.